The maximum absolute atomic E-state index is 12.4. The van der Waals surface area contributed by atoms with Crippen LogP contribution in [0.5, 0.6) is 0 Å². The van der Waals surface area contributed by atoms with Crippen LogP contribution in [0.1, 0.15) is 33.3 Å². The van der Waals surface area contributed by atoms with Crippen molar-refractivity contribution >= 4 is 11.6 Å². The Morgan fingerprint density at radius 2 is 2.11 bits per heavy atom. The van der Waals surface area contributed by atoms with E-state index in [1.165, 1.54) is 5.57 Å². The van der Waals surface area contributed by atoms with Crippen molar-refractivity contribution in [2.45, 2.75) is 34.6 Å². The zero-order valence-electron chi connectivity index (χ0n) is 12.3. The molecule has 1 aromatic rings. The zero-order valence-corrected chi connectivity index (χ0v) is 12.3. The zero-order chi connectivity index (χ0) is 14.2. The largest absolute Gasteiger partial charge is 0.325 e. The van der Waals surface area contributed by atoms with E-state index in [2.05, 4.69) is 44.1 Å². The summed E-state index contributed by atoms with van der Waals surface area (Å²) in [7, 11) is 0. The quantitative estimate of drug-likeness (QED) is 0.842. The van der Waals surface area contributed by atoms with E-state index in [4.69, 9.17) is 0 Å². The molecule has 1 fully saturated rings. The van der Waals surface area contributed by atoms with Crippen molar-refractivity contribution in [3.8, 4) is 0 Å². The van der Waals surface area contributed by atoms with Gasteiger partial charge in [-0.1, -0.05) is 25.5 Å². The third-order valence-electron chi connectivity index (χ3n) is 3.98. The Hall–Kier alpha value is -1.64. The average molecular weight is 258 g/mol. The molecule has 0 spiro atoms. The van der Waals surface area contributed by atoms with Crippen molar-refractivity contribution in [2.24, 2.45) is 17.3 Å². The van der Waals surface area contributed by atoms with Crippen LogP contribution in [0.4, 0.5) is 5.69 Å². The Morgan fingerprint density at radius 3 is 2.68 bits per heavy atom. The molecular weight excluding hydrogens is 236 g/mol. The number of anilines is 1. The van der Waals surface area contributed by atoms with E-state index in [1.54, 1.807) is 12.4 Å². The summed E-state index contributed by atoms with van der Waals surface area (Å²) in [5.41, 5.74) is 3.18. The first-order chi connectivity index (χ1) is 8.84. The number of carbonyl (C=O) groups is 1. The smallest absolute Gasteiger partial charge is 0.228 e. The maximum Gasteiger partial charge on any atom is 0.228 e. The summed E-state index contributed by atoms with van der Waals surface area (Å²) >= 11 is 0. The first-order valence-electron chi connectivity index (χ1n) is 6.70. The van der Waals surface area contributed by atoms with Gasteiger partial charge in [-0.3, -0.25) is 9.78 Å². The molecule has 1 amide bonds. The van der Waals surface area contributed by atoms with E-state index in [0.717, 1.165) is 11.3 Å². The number of allylic oxidation sites excluding steroid dienone is 2. The number of carbonyl (C=O) groups excluding carboxylic acids is 1. The molecule has 3 heteroatoms. The minimum atomic E-state index is 0.0578. The molecule has 102 valence electrons. The Morgan fingerprint density at radius 1 is 1.42 bits per heavy atom. The molecule has 0 radical (unpaired) electrons. The summed E-state index contributed by atoms with van der Waals surface area (Å²) in [6.07, 6.45) is 5.68. The number of nitrogens with one attached hydrogen (secondary N) is 1. The van der Waals surface area contributed by atoms with Crippen LogP contribution in [0.25, 0.3) is 0 Å². The van der Waals surface area contributed by atoms with Crippen molar-refractivity contribution in [3.63, 3.8) is 0 Å². The lowest BCUT2D eigenvalue weighted by molar-refractivity contribution is -0.118. The van der Waals surface area contributed by atoms with Gasteiger partial charge in [0.15, 0.2) is 0 Å². The van der Waals surface area contributed by atoms with E-state index in [0.29, 0.717) is 5.92 Å². The fourth-order valence-electron chi connectivity index (χ4n) is 2.67. The van der Waals surface area contributed by atoms with Crippen molar-refractivity contribution in [2.75, 3.05) is 5.32 Å². The normalized spacial score (nSPS) is 23.6. The molecule has 3 nitrogen and oxygen atoms in total. The molecule has 0 saturated heterocycles. The minimum Gasteiger partial charge on any atom is -0.325 e. The van der Waals surface area contributed by atoms with Gasteiger partial charge in [0, 0.05) is 18.1 Å². The lowest BCUT2D eigenvalue weighted by Gasteiger charge is -2.08. The van der Waals surface area contributed by atoms with Crippen molar-refractivity contribution in [1.29, 1.82) is 0 Å². The molecule has 0 bridgehead atoms. The number of hydrogen-bond acceptors (Lipinski definition) is 2. The highest BCUT2D eigenvalue weighted by atomic mass is 16.2. The highest BCUT2D eigenvalue weighted by Gasteiger charge is 2.60. The number of hydrogen-bond donors (Lipinski definition) is 1. The number of aromatic nitrogens is 1. The van der Waals surface area contributed by atoms with E-state index in [1.807, 2.05) is 13.0 Å². The van der Waals surface area contributed by atoms with Crippen molar-refractivity contribution in [3.05, 3.63) is 35.7 Å². The van der Waals surface area contributed by atoms with E-state index in [-0.39, 0.29) is 17.2 Å². The molecule has 1 heterocycles. The summed E-state index contributed by atoms with van der Waals surface area (Å²) < 4.78 is 0. The number of nitrogens with zero attached hydrogens (tertiary/aromatic N) is 1. The van der Waals surface area contributed by atoms with Crippen LogP contribution >= 0.6 is 0 Å². The van der Waals surface area contributed by atoms with Crippen LogP contribution in [-0.4, -0.2) is 10.9 Å². The minimum absolute atomic E-state index is 0.0578. The molecule has 1 aromatic heterocycles. The van der Waals surface area contributed by atoms with Crippen LogP contribution in [0.2, 0.25) is 0 Å². The van der Waals surface area contributed by atoms with Gasteiger partial charge < -0.3 is 5.32 Å². The molecule has 1 N–H and O–H groups in total. The molecule has 1 aliphatic carbocycles. The lowest BCUT2D eigenvalue weighted by atomic mass is 10.1. The monoisotopic (exact) mass is 258 g/mol. The standard InChI is InChI=1S/C16H22N2O/c1-10(2)8-12-14(16(12,4)5)15(19)18-13-6-7-17-9-11(13)3/h6-9,12,14H,1-5H3,(H,17,18,19)/t12-,14+/m1/s1. The number of rotatable bonds is 3. The Kier molecular flexibility index (Phi) is 3.48. The van der Waals surface area contributed by atoms with E-state index >= 15 is 0 Å². The van der Waals surface area contributed by atoms with Gasteiger partial charge in [-0.05, 0) is 43.7 Å². The van der Waals surface area contributed by atoms with E-state index < -0.39 is 0 Å². The van der Waals surface area contributed by atoms with Gasteiger partial charge in [0.25, 0.3) is 0 Å². The van der Waals surface area contributed by atoms with Crippen LogP contribution in [-0.2, 0) is 4.79 Å². The average Bonchev–Trinajstić information content (AvgIpc) is 2.82. The number of amides is 1. The number of aryl methyl sites for hydroxylation is 1. The second kappa shape index (κ2) is 4.80. The van der Waals surface area contributed by atoms with E-state index in [9.17, 15) is 4.79 Å². The summed E-state index contributed by atoms with van der Waals surface area (Å²) in [5, 5.41) is 3.02. The summed E-state index contributed by atoms with van der Waals surface area (Å²) in [6, 6.07) is 1.85. The molecule has 1 aliphatic rings. The van der Waals surface area contributed by atoms with Gasteiger partial charge in [-0.25, -0.2) is 0 Å². The molecule has 0 aromatic carbocycles. The predicted octanol–water partition coefficient (Wildman–Crippen LogP) is 3.57. The second-order valence-electron chi connectivity index (χ2n) is 6.25. The predicted molar refractivity (Wildman–Crippen MR) is 77.8 cm³/mol. The van der Waals surface area contributed by atoms with Gasteiger partial charge in [-0.15, -0.1) is 0 Å². The fraction of sp³-hybridized carbons (Fsp3) is 0.500. The second-order valence-corrected chi connectivity index (χ2v) is 6.25. The lowest BCUT2D eigenvalue weighted by Crippen LogP contribution is -2.17. The molecule has 0 aliphatic heterocycles. The first-order valence-corrected chi connectivity index (χ1v) is 6.70. The van der Waals surface area contributed by atoms with Crippen LogP contribution in [0.3, 0.4) is 0 Å². The Bertz CT molecular complexity index is 527. The van der Waals surface area contributed by atoms with Gasteiger partial charge >= 0.3 is 0 Å². The van der Waals surface area contributed by atoms with Crippen LogP contribution in [0.15, 0.2) is 30.1 Å². The number of pyridine rings is 1. The first kappa shape index (κ1) is 13.8. The van der Waals surface area contributed by atoms with Crippen LogP contribution < -0.4 is 5.32 Å². The highest BCUT2D eigenvalue weighted by Crippen LogP contribution is 2.59. The Labute approximate surface area is 115 Å². The van der Waals surface area contributed by atoms with Gasteiger partial charge in [0.2, 0.25) is 5.91 Å². The molecular formula is C16H22N2O. The van der Waals surface area contributed by atoms with Gasteiger partial charge in [-0.2, -0.15) is 0 Å². The van der Waals surface area contributed by atoms with Crippen molar-refractivity contribution in [1.82, 2.24) is 4.98 Å². The molecule has 0 unspecified atom stereocenters. The maximum atomic E-state index is 12.4. The fourth-order valence-corrected chi connectivity index (χ4v) is 2.67. The van der Waals surface area contributed by atoms with Gasteiger partial charge in [0.1, 0.15) is 0 Å². The summed E-state index contributed by atoms with van der Waals surface area (Å²) in [4.78, 5) is 16.4. The summed E-state index contributed by atoms with van der Waals surface area (Å²) in [5.74, 6) is 0.524. The van der Waals surface area contributed by atoms with Crippen molar-refractivity contribution < 1.29 is 4.79 Å². The highest BCUT2D eigenvalue weighted by molar-refractivity contribution is 5.96. The Balaban J connectivity index is 2.10. The van der Waals surface area contributed by atoms with Crippen LogP contribution in [0, 0.1) is 24.2 Å². The van der Waals surface area contributed by atoms with Gasteiger partial charge in [0.05, 0.1) is 5.92 Å². The molecule has 19 heavy (non-hydrogen) atoms. The topological polar surface area (TPSA) is 42.0 Å². The molecule has 2 atom stereocenters. The third-order valence-corrected chi connectivity index (χ3v) is 3.98. The SMILES string of the molecule is CC(C)=C[C@@H]1[C@@H](C(=O)Nc2ccncc2C)C1(C)C. The molecule has 2 rings (SSSR count). The molecule has 1 saturated carbocycles. The summed E-state index contributed by atoms with van der Waals surface area (Å²) in [6.45, 7) is 10.4. The third kappa shape index (κ3) is 2.70.